The molecule has 1 heterocycles. The van der Waals surface area contributed by atoms with Crippen LogP contribution in [0, 0.1) is 11.3 Å². The number of nitrogens with one attached hydrogen (secondary N) is 1. The Morgan fingerprint density at radius 1 is 0.939 bits per heavy atom. The molecule has 0 spiro atoms. The minimum atomic E-state index is -0.688. The molecule has 3 N–H and O–H groups in total. The number of amides is 1. The van der Waals surface area contributed by atoms with Gasteiger partial charge in [-0.25, -0.2) is 4.79 Å². The second-order valence-electron chi connectivity index (χ2n) is 7.10. The molecule has 0 fully saturated rings. The molecule has 0 atom stereocenters. The summed E-state index contributed by atoms with van der Waals surface area (Å²) in [6, 6.07) is 27.0. The summed E-state index contributed by atoms with van der Waals surface area (Å²) in [5.74, 6) is -0.894. The molecule has 4 rings (SSSR count). The SMILES string of the molecule is N#Cc1c(NC(=O)COC(=O)c2cccc(N)c2)oc(-c2ccccc2)c1-c1ccccc1. The van der Waals surface area contributed by atoms with Crippen LogP contribution in [-0.2, 0) is 9.53 Å². The number of carbonyl (C=O) groups is 2. The maximum Gasteiger partial charge on any atom is 0.338 e. The van der Waals surface area contributed by atoms with E-state index in [-0.39, 0.29) is 17.0 Å². The van der Waals surface area contributed by atoms with Gasteiger partial charge in [0, 0.05) is 16.8 Å². The molecule has 1 aromatic heterocycles. The van der Waals surface area contributed by atoms with Crippen molar-refractivity contribution in [2.24, 2.45) is 0 Å². The molecule has 1 amide bonds. The second kappa shape index (κ2) is 9.54. The van der Waals surface area contributed by atoms with E-state index in [1.54, 1.807) is 12.1 Å². The highest BCUT2D eigenvalue weighted by molar-refractivity contribution is 5.98. The standard InChI is InChI=1S/C26H19N3O4/c27-15-21-23(17-8-3-1-4-9-17)24(18-10-5-2-6-11-18)33-25(21)29-22(30)16-32-26(31)19-12-7-13-20(28)14-19/h1-14H,16,28H2,(H,29,30). The Morgan fingerprint density at radius 3 is 2.24 bits per heavy atom. The van der Waals surface area contributed by atoms with E-state index in [2.05, 4.69) is 11.4 Å². The van der Waals surface area contributed by atoms with Crippen LogP contribution in [0.25, 0.3) is 22.5 Å². The summed E-state index contributed by atoms with van der Waals surface area (Å²) in [6.45, 7) is -0.555. The molecule has 0 aliphatic carbocycles. The number of nitriles is 1. The molecule has 162 valence electrons. The van der Waals surface area contributed by atoms with Crippen LogP contribution in [-0.4, -0.2) is 18.5 Å². The number of carbonyl (C=O) groups excluding carboxylic acids is 2. The number of benzene rings is 3. The number of nitrogen functional groups attached to an aromatic ring is 1. The van der Waals surface area contributed by atoms with Gasteiger partial charge in [-0.05, 0) is 23.8 Å². The lowest BCUT2D eigenvalue weighted by atomic mass is 9.98. The Labute approximate surface area is 190 Å². The molecule has 0 saturated carbocycles. The highest BCUT2D eigenvalue weighted by atomic mass is 16.5. The predicted octanol–water partition coefficient (Wildman–Crippen LogP) is 4.86. The zero-order valence-corrected chi connectivity index (χ0v) is 17.4. The first-order chi connectivity index (χ1) is 16.1. The van der Waals surface area contributed by atoms with E-state index >= 15 is 0 Å². The molecule has 0 bridgehead atoms. The van der Waals surface area contributed by atoms with E-state index in [1.807, 2.05) is 60.7 Å². The van der Waals surface area contributed by atoms with Gasteiger partial charge < -0.3 is 14.9 Å². The molecule has 33 heavy (non-hydrogen) atoms. The number of nitrogens with zero attached hydrogens (tertiary/aromatic N) is 1. The summed E-state index contributed by atoms with van der Waals surface area (Å²) in [7, 11) is 0. The number of anilines is 2. The average molecular weight is 437 g/mol. The molecule has 0 aliphatic rings. The normalized spacial score (nSPS) is 10.3. The smallest absolute Gasteiger partial charge is 0.338 e. The summed E-state index contributed by atoms with van der Waals surface area (Å²) in [5.41, 5.74) is 8.57. The van der Waals surface area contributed by atoms with Crippen molar-refractivity contribution in [1.82, 2.24) is 0 Å². The maximum absolute atomic E-state index is 12.5. The van der Waals surface area contributed by atoms with Gasteiger partial charge in [-0.15, -0.1) is 0 Å². The second-order valence-corrected chi connectivity index (χ2v) is 7.10. The van der Waals surface area contributed by atoms with Crippen molar-refractivity contribution >= 4 is 23.4 Å². The number of rotatable bonds is 6. The summed E-state index contributed by atoms with van der Waals surface area (Å²) in [6.07, 6.45) is 0. The molecule has 7 nitrogen and oxygen atoms in total. The first kappa shape index (κ1) is 21.4. The Hall–Kier alpha value is -4.83. The molecule has 0 saturated heterocycles. The van der Waals surface area contributed by atoms with Crippen LogP contribution in [0.3, 0.4) is 0 Å². The lowest BCUT2D eigenvalue weighted by molar-refractivity contribution is -0.119. The molecule has 0 unspecified atom stereocenters. The Morgan fingerprint density at radius 2 is 1.61 bits per heavy atom. The van der Waals surface area contributed by atoms with Gasteiger partial charge in [-0.3, -0.25) is 10.1 Å². The van der Waals surface area contributed by atoms with Gasteiger partial charge in [0.2, 0.25) is 5.88 Å². The molecular formula is C26H19N3O4. The van der Waals surface area contributed by atoms with Gasteiger partial charge in [0.1, 0.15) is 17.4 Å². The van der Waals surface area contributed by atoms with E-state index in [1.165, 1.54) is 12.1 Å². The quantitative estimate of drug-likeness (QED) is 0.328. The molecule has 7 heteroatoms. The topological polar surface area (TPSA) is 118 Å². The van der Waals surface area contributed by atoms with Crippen LogP contribution in [0.4, 0.5) is 11.6 Å². The van der Waals surface area contributed by atoms with Gasteiger partial charge in [-0.1, -0.05) is 66.7 Å². The number of esters is 1. The van der Waals surface area contributed by atoms with E-state index in [0.717, 1.165) is 11.1 Å². The highest BCUT2D eigenvalue weighted by Crippen LogP contribution is 2.41. The van der Waals surface area contributed by atoms with Crippen molar-refractivity contribution < 1.29 is 18.7 Å². The zero-order chi connectivity index (χ0) is 23.2. The van der Waals surface area contributed by atoms with Crippen LogP contribution >= 0.6 is 0 Å². The molecule has 4 aromatic rings. The largest absolute Gasteiger partial charge is 0.452 e. The van der Waals surface area contributed by atoms with E-state index in [9.17, 15) is 14.9 Å². The third-order valence-corrected chi connectivity index (χ3v) is 4.83. The van der Waals surface area contributed by atoms with Crippen molar-refractivity contribution in [2.45, 2.75) is 0 Å². The summed E-state index contributed by atoms with van der Waals surface area (Å²) in [4.78, 5) is 24.7. The lowest BCUT2D eigenvalue weighted by Crippen LogP contribution is -2.21. The van der Waals surface area contributed by atoms with Crippen LogP contribution in [0.5, 0.6) is 0 Å². The van der Waals surface area contributed by atoms with Crippen molar-refractivity contribution in [1.29, 1.82) is 5.26 Å². The number of ether oxygens (including phenoxy) is 1. The Kier molecular flexibility index (Phi) is 6.19. The van der Waals surface area contributed by atoms with E-state index in [0.29, 0.717) is 17.0 Å². The van der Waals surface area contributed by atoms with E-state index < -0.39 is 18.5 Å². The van der Waals surface area contributed by atoms with Crippen LogP contribution < -0.4 is 11.1 Å². The average Bonchev–Trinajstić information content (AvgIpc) is 3.21. The van der Waals surface area contributed by atoms with E-state index in [4.69, 9.17) is 14.9 Å². The maximum atomic E-state index is 12.5. The lowest BCUT2D eigenvalue weighted by Gasteiger charge is -2.06. The van der Waals surface area contributed by atoms with Crippen molar-refractivity contribution in [2.75, 3.05) is 17.7 Å². The van der Waals surface area contributed by atoms with Crippen molar-refractivity contribution in [3.05, 3.63) is 96.1 Å². The number of nitrogens with two attached hydrogens (primary N) is 1. The van der Waals surface area contributed by atoms with Gasteiger partial charge in [0.25, 0.3) is 5.91 Å². The molecular weight excluding hydrogens is 418 g/mol. The monoisotopic (exact) mass is 437 g/mol. The first-order valence-electron chi connectivity index (χ1n) is 10.1. The highest BCUT2D eigenvalue weighted by Gasteiger charge is 2.24. The summed E-state index contributed by atoms with van der Waals surface area (Å²) >= 11 is 0. The first-order valence-corrected chi connectivity index (χ1v) is 10.1. The zero-order valence-electron chi connectivity index (χ0n) is 17.4. The van der Waals surface area contributed by atoms with Gasteiger partial charge >= 0.3 is 5.97 Å². The molecule has 3 aromatic carbocycles. The van der Waals surface area contributed by atoms with Gasteiger partial charge in [0.05, 0.1) is 5.56 Å². The fourth-order valence-electron chi connectivity index (χ4n) is 3.34. The molecule has 0 aliphatic heterocycles. The van der Waals surface area contributed by atoms with Crippen molar-refractivity contribution in [3.63, 3.8) is 0 Å². The summed E-state index contributed by atoms with van der Waals surface area (Å²) < 4.78 is 11.0. The number of furan rings is 1. The number of hydrogen-bond donors (Lipinski definition) is 2. The van der Waals surface area contributed by atoms with Crippen LogP contribution in [0.2, 0.25) is 0 Å². The summed E-state index contributed by atoms with van der Waals surface area (Å²) in [5, 5.41) is 12.4. The number of hydrogen-bond acceptors (Lipinski definition) is 6. The Balaban J connectivity index is 1.60. The third kappa shape index (κ3) is 4.75. The van der Waals surface area contributed by atoms with Crippen molar-refractivity contribution in [3.8, 4) is 28.5 Å². The fourth-order valence-corrected chi connectivity index (χ4v) is 3.34. The van der Waals surface area contributed by atoms with Gasteiger partial charge in [-0.2, -0.15) is 5.26 Å². The Bertz CT molecular complexity index is 1340. The van der Waals surface area contributed by atoms with Crippen LogP contribution in [0.15, 0.2) is 89.3 Å². The third-order valence-electron chi connectivity index (χ3n) is 4.83. The predicted molar refractivity (Wildman–Crippen MR) is 124 cm³/mol. The minimum Gasteiger partial charge on any atom is -0.452 e. The minimum absolute atomic E-state index is 0.0137. The van der Waals surface area contributed by atoms with Gasteiger partial charge in [0.15, 0.2) is 6.61 Å². The van der Waals surface area contributed by atoms with Crippen LogP contribution in [0.1, 0.15) is 15.9 Å². The molecule has 0 radical (unpaired) electrons. The fraction of sp³-hybridized carbons (Fsp3) is 0.0385.